The third-order valence-corrected chi connectivity index (χ3v) is 8.15. The van der Waals surface area contributed by atoms with E-state index in [1.165, 1.54) is 36.0 Å². The third-order valence-electron chi connectivity index (χ3n) is 6.36. The second kappa shape index (κ2) is 10.8. The highest BCUT2D eigenvalue weighted by Crippen LogP contribution is 2.50. The number of hydrogen-bond donors (Lipinski definition) is 2. The molecule has 1 aromatic carbocycles. The number of carbonyl (C=O) groups is 2. The molecule has 3 rings (SSSR count). The van der Waals surface area contributed by atoms with Gasteiger partial charge >= 0.3 is 12.3 Å². The summed E-state index contributed by atoms with van der Waals surface area (Å²) in [7, 11) is 0. The molecule has 11 heteroatoms. The Morgan fingerprint density at radius 3 is 2.42 bits per heavy atom. The molecule has 2 unspecified atom stereocenters. The summed E-state index contributed by atoms with van der Waals surface area (Å²) in [6, 6.07) is 4.08. The Kier molecular flexibility index (Phi) is 8.40. The van der Waals surface area contributed by atoms with E-state index in [1.54, 1.807) is 19.9 Å². The molecule has 0 radical (unpaired) electrons. The zero-order chi connectivity index (χ0) is 26.8. The highest BCUT2D eigenvalue weighted by atomic mass is 35.5. The van der Waals surface area contributed by atoms with E-state index in [4.69, 9.17) is 16.3 Å². The van der Waals surface area contributed by atoms with E-state index in [0.29, 0.717) is 22.1 Å². The van der Waals surface area contributed by atoms with Gasteiger partial charge in [-0.1, -0.05) is 50.6 Å². The van der Waals surface area contributed by atoms with E-state index < -0.39 is 29.7 Å². The van der Waals surface area contributed by atoms with Gasteiger partial charge in [-0.2, -0.15) is 0 Å². The smallest absolute Gasteiger partial charge is 0.492 e. The topological polar surface area (TPSA) is 84.9 Å². The van der Waals surface area contributed by atoms with E-state index in [1.807, 2.05) is 19.9 Å². The number of ether oxygens (including phenoxy) is 2. The van der Waals surface area contributed by atoms with Crippen molar-refractivity contribution in [1.82, 2.24) is 5.32 Å². The zero-order valence-electron chi connectivity index (χ0n) is 20.1. The minimum absolute atomic E-state index is 0.0339. The van der Waals surface area contributed by atoms with E-state index in [0.717, 1.165) is 5.57 Å². The van der Waals surface area contributed by atoms with Crippen LogP contribution in [0, 0.1) is 11.3 Å². The van der Waals surface area contributed by atoms with Crippen LogP contribution in [-0.4, -0.2) is 34.6 Å². The van der Waals surface area contributed by atoms with Gasteiger partial charge in [0.15, 0.2) is 0 Å². The number of thioether (sulfide) groups is 1. The quantitative estimate of drug-likeness (QED) is 0.388. The van der Waals surface area contributed by atoms with E-state index in [-0.39, 0.29) is 29.1 Å². The predicted molar refractivity (Wildman–Crippen MR) is 131 cm³/mol. The lowest BCUT2D eigenvalue weighted by molar-refractivity contribution is -0.274. The molecule has 36 heavy (non-hydrogen) atoms. The van der Waals surface area contributed by atoms with Crippen LogP contribution in [0.15, 0.2) is 57.7 Å². The van der Waals surface area contributed by atoms with E-state index >= 15 is 0 Å². The third kappa shape index (κ3) is 6.39. The van der Waals surface area contributed by atoms with Gasteiger partial charge in [0.05, 0.1) is 15.9 Å². The molecule has 3 atom stereocenters. The Morgan fingerprint density at radius 2 is 1.86 bits per heavy atom. The van der Waals surface area contributed by atoms with Crippen LogP contribution in [0.3, 0.4) is 0 Å². The Hall–Kier alpha value is -2.59. The van der Waals surface area contributed by atoms with Crippen molar-refractivity contribution in [3.8, 4) is 5.75 Å². The number of fused-ring (bicyclic) bond motifs is 1. The van der Waals surface area contributed by atoms with Crippen molar-refractivity contribution in [2.75, 3.05) is 0 Å². The number of alkyl halides is 3. The summed E-state index contributed by atoms with van der Waals surface area (Å²) in [6.45, 7) is 7.17. The van der Waals surface area contributed by atoms with Gasteiger partial charge in [-0.25, -0.2) is 4.79 Å². The Morgan fingerprint density at radius 1 is 1.22 bits per heavy atom. The predicted octanol–water partition coefficient (Wildman–Crippen LogP) is 6.13. The number of rotatable bonds is 9. The maximum atomic E-state index is 13.3. The monoisotopic (exact) mass is 545 g/mol. The van der Waals surface area contributed by atoms with E-state index in [9.17, 15) is 27.9 Å². The van der Waals surface area contributed by atoms with Crippen molar-refractivity contribution in [3.63, 3.8) is 0 Å². The van der Waals surface area contributed by atoms with Crippen LogP contribution in [-0.2, 0) is 20.9 Å². The fourth-order valence-corrected chi connectivity index (χ4v) is 5.49. The van der Waals surface area contributed by atoms with Crippen LogP contribution >= 0.6 is 23.4 Å². The van der Waals surface area contributed by atoms with Crippen molar-refractivity contribution < 1.29 is 37.3 Å². The minimum Gasteiger partial charge on any atom is -0.492 e. The first-order valence-corrected chi connectivity index (χ1v) is 12.5. The average molecular weight is 546 g/mol. The highest BCUT2D eigenvalue weighted by molar-refractivity contribution is 8.05. The number of hydrogen-bond acceptors (Lipinski definition) is 5. The summed E-state index contributed by atoms with van der Waals surface area (Å²) in [4.78, 5) is 25.2. The van der Waals surface area contributed by atoms with Gasteiger partial charge in [0.1, 0.15) is 24.2 Å². The number of aliphatic carboxylic acids is 1. The molecule has 1 aliphatic carbocycles. The largest absolute Gasteiger partial charge is 0.573 e. The summed E-state index contributed by atoms with van der Waals surface area (Å²) in [5, 5.41) is 12.3. The number of benzene rings is 1. The van der Waals surface area contributed by atoms with Crippen molar-refractivity contribution in [2.24, 2.45) is 11.3 Å². The number of carboxylic acid groups (broad SMARTS) is 1. The van der Waals surface area contributed by atoms with Gasteiger partial charge in [0.25, 0.3) is 5.91 Å². The fourth-order valence-electron chi connectivity index (χ4n) is 3.89. The Balaban J connectivity index is 1.89. The zero-order valence-corrected chi connectivity index (χ0v) is 21.7. The first-order valence-electron chi connectivity index (χ1n) is 11.2. The van der Waals surface area contributed by atoms with Crippen molar-refractivity contribution in [2.45, 2.75) is 58.4 Å². The Bertz CT molecular complexity index is 1110. The first kappa shape index (κ1) is 28.0. The van der Waals surface area contributed by atoms with Crippen LogP contribution in [0.1, 0.15) is 39.7 Å². The second-order valence-corrected chi connectivity index (χ2v) is 11.0. The lowest BCUT2D eigenvalue weighted by atomic mass is 9.81. The van der Waals surface area contributed by atoms with Gasteiger partial charge in [-0.3, -0.25) is 4.79 Å². The highest BCUT2D eigenvalue weighted by Gasteiger charge is 2.41. The molecule has 0 saturated heterocycles. The normalized spacial score (nSPS) is 20.8. The molecule has 1 aromatic rings. The Labute approximate surface area is 216 Å². The molecule has 1 heterocycles. The van der Waals surface area contributed by atoms with Gasteiger partial charge < -0.3 is 19.9 Å². The van der Waals surface area contributed by atoms with E-state index in [2.05, 4.69) is 10.1 Å². The summed E-state index contributed by atoms with van der Waals surface area (Å²) >= 11 is 7.79. The number of halogens is 4. The lowest BCUT2D eigenvalue weighted by Gasteiger charge is -2.32. The summed E-state index contributed by atoms with van der Waals surface area (Å²) in [5.41, 5.74) is 0.843. The minimum atomic E-state index is -4.79. The van der Waals surface area contributed by atoms with Crippen molar-refractivity contribution >= 4 is 35.2 Å². The number of nitrogens with one attached hydrogen (secondary N) is 1. The molecule has 1 amide bonds. The maximum absolute atomic E-state index is 13.3. The fraction of sp³-hybridized carbons (Fsp3) is 0.440. The average Bonchev–Trinajstić information content (AvgIpc) is 3.09. The van der Waals surface area contributed by atoms with Gasteiger partial charge in [-0.15, -0.1) is 24.9 Å². The molecule has 0 aromatic heterocycles. The molecule has 0 spiro atoms. The molecule has 0 bridgehead atoms. The molecule has 0 saturated carbocycles. The van der Waals surface area contributed by atoms with Crippen LogP contribution in [0.4, 0.5) is 13.2 Å². The first-order chi connectivity index (χ1) is 16.7. The number of amides is 1. The van der Waals surface area contributed by atoms with Gasteiger partial charge in [0.2, 0.25) is 0 Å². The van der Waals surface area contributed by atoms with Crippen LogP contribution < -0.4 is 10.1 Å². The second-order valence-electron chi connectivity index (χ2n) is 9.22. The molecule has 2 N–H and O–H groups in total. The van der Waals surface area contributed by atoms with Crippen molar-refractivity contribution in [3.05, 3.63) is 63.3 Å². The summed E-state index contributed by atoms with van der Waals surface area (Å²) in [6.07, 6.45) is -0.840. The number of allylic oxidation sites excluding steroid dienone is 1. The molecule has 1 aliphatic heterocycles. The molecular weight excluding hydrogens is 519 g/mol. The maximum Gasteiger partial charge on any atom is 0.573 e. The standard InChI is InChI=1S/C25H27ClF3NO5S/c1-5-24(3,4)20(23(32)33)30-22(31)16-10-11-17-18(13(2)21(26)36-17)19(16)34-12-14-6-8-15(9-7-14)35-25(27,28)29/h6-11,17-18,20H,5,12H2,1-4H3,(H,30,31)(H,32,33)/t17?,18?,20-/m1/s1. The molecule has 2 aliphatic rings. The molecule has 6 nitrogen and oxygen atoms in total. The van der Waals surface area contributed by atoms with Gasteiger partial charge in [0, 0.05) is 5.25 Å². The van der Waals surface area contributed by atoms with Crippen LogP contribution in [0.2, 0.25) is 0 Å². The van der Waals surface area contributed by atoms with Crippen LogP contribution in [0.25, 0.3) is 0 Å². The summed E-state index contributed by atoms with van der Waals surface area (Å²) < 4.78 is 47.8. The van der Waals surface area contributed by atoms with Crippen LogP contribution in [0.5, 0.6) is 5.75 Å². The molecule has 0 fully saturated rings. The van der Waals surface area contributed by atoms with Crippen molar-refractivity contribution in [1.29, 1.82) is 0 Å². The number of carboxylic acids is 1. The number of carbonyl (C=O) groups excluding carboxylic acids is 1. The lowest BCUT2D eigenvalue weighted by Crippen LogP contribution is -2.50. The SMILES string of the molecule is CCC(C)(C)[C@H](NC(=O)C1=C(OCc2ccc(OC(F)(F)F)cc2)C2C(C)=C(Cl)SC2C=C1)C(=O)O. The summed E-state index contributed by atoms with van der Waals surface area (Å²) in [5.74, 6) is -2.11. The van der Waals surface area contributed by atoms with Gasteiger partial charge in [-0.05, 0) is 48.1 Å². The molecular formula is C25H27ClF3NO5S. The molecule has 196 valence electrons.